The monoisotopic (exact) mass is 373 g/mol. The minimum absolute atomic E-state index is 0.0670. The maximum absolute atomic E-state index is 12.3. The molecule has 1 amide bonds. The van der Waals surface area contributed by atoms with Crippen LogP contribution in [0.2, 0.25) is 0 Å². The molecule has 0 spiro atoms. The average molecular weight is 374 g/mol. The number of hydrogen-bond acceptors (Lipinski definition) is 4. The molecule has 0 bridgehead atoms. The third-order valence-corrected chi connectivity index (χ3v) is 5.19. The van der Waals surface area contributed by atoms with Crippen LogP contribution in [-0.2, 0) is 17.0 Å². The maximum Gasteiger partial charge on any atom is 0.232 e. The topological polar surface area (TPSA) is 47.6 Å². The van der Waals surface area contributed by atoms with Crippen molar-refractivity contribution in [2.45, 2.75) is 31.3 Å². The van der Waals surface area contributed by atoms with Gasteiger partial charge >= 0.3 is 0 Å². The van der Waals surface area contributed by atoms with Crippen LogP contribution in [0.5, 0.6) is 11.5 Å². The van der Waals surface area contributed by atoms with Gasteiger partial charge in [0.15, 0.2) is 0 Å². The molecule has 26 heavy (non-hydrogen) atoms. The normalized spacial score (nSPS) is 11.7. The second-order valence-electron chi connectivity index (χ2n) is 5.88. The van der Waals surface area contributed by atoms with E-state index in [4.69, 9.17) is 9.47 Å². The number of carbonyl (C=O) groups is 1. The van der Waals surface area contributed by atoms with Gasteiger partial charge in [-0.3, -0.25) is 4.79 Å². The second-order valence-corrected chi connectivity index (χ2v) is 7.21. The molecule has 0 radical (unpaired) electrons. The summed E-state index contributed by atoms with van der Waals surface area (Å²) in [4.78, 5) is 12.3. The molecule has 140 valence electrons. The summed E-state index contributed by atoms with van der Waals surface area (Å²) in [5.74, 6) is 2.56. The summed E-state index contributed by atoms with van der Waals surface area (Å²) in [6.45, 7) is 5.19. The molecule has 1 N–H and O–H groups in total. The lowest BCUT2D eigenvalue weighted by Crippen LogP contribution is -2.32. The van der Waals surface area contributed by atoms with Crippen LogP contribution in [0, 0.1) is 0 Å². The third-order valence-electron chi connectivity index (χ3n) is 4.00. The molecule has 2 rings (SSSR count). The first-order chi connectivity index (χ1) is 12.6. The number of thioether (sulfide) groups is 1. The van der Waals surface area contributed by atoms with Crippen LogP contribution >= 0.6 is 11.8 Å². The van der Waals surface area contributed by atoms with Crippen molar-refractivity contribution in [3.63, 3.8) is 0 Å². The number of methoxy groups -OCH3 is 1. The Kier molecular flexibility index (Phi) is 8.35. The molecule has 0 saturated carbocycles. The van der Waals surface area contributed by atoms with E-state index >= 15 is 0 Å². The molecule has 5 heteroatoms. The number of para-hydroxylation sites is 1. The number of amides is 1. The van der Waals surface area contributed by atoms with E-state index < -0.39 is 0 Å². The SMILES string of the molecule is CCOc1ccccc1CSC(C)C(=O)NCCc1ccc(OC)cc1. The fourth-order valence-electron chi connectivity index (χ4n) is 2.48. The quantitative estimate of drug-likeness (QED) is 0.682. The Morgan fingerprint density at radius 3 is 2.58 bits per heavy atom. The minimum atomic E-state index is -0.111. The Bertz CT molecular complexity index is 688. The van der Waals surface area contributed by atoms with Crippen LogP contribution in [0.1, 0.15) is 25.0 Å². The molecular weight excluding hydrogens is 346 g/mol. The number of nitrogens with one attached hydrogen (secondary N) is 1. The summed E-state index contributed by atoms with van der Waals surface area (Å²) < 4.78 is 10.8. The van der Waals surface area contributed by atoms with Crippen molar-refractivity contribution in [3.05, 3.63) is 59.7 Å². The molecule has 0 heterocycles. The largest absolute Gasteiger partial charge is 0.497 e. The zero-order chi connectivity index (χ0) is 18.8. The number of benzene rings is 2. The van der Waals surface area contributed by atoms with E-state index in [0.29, 0.717) is 13.2 Å². The molecule has 2 aromatic carbocycles. The summed E-state index contributed by atoms with van der Waals surface area (Å²) in [7, 11) is 1.65. The van der Waals surface area contributed by atoms with Gasteiger partial charge < -0.3 is 14.8 Å². The number of carbonyl (C=O) groups excluding carboxylic acids is 1. The van der Waals surface area contributed by atoms with Crippen LogP contribution in [0.3, 0.4) is 0 Å². The predicted octanol–water partition coefficient (Wildman–Crippen LogP) is 4.07. The van der Waals surface area contributed by atoms with E-state index in [2.05, 4.69) is 5.32 Å². The highest BCUT2D eigenvalue weighted by molar-refractivity contribution is 7.99. The maximum atomic E-state index is 12.3. The highest BCUT2D eigenvalue weighted by Crippen LogP contribution is 2.25. The molecule has 0 fully saturated rings. The number of rotatable bonds is 10. The van der Waals surface area contributed by atoms with Gasteiger partial charge in [0.25, 0.3) is 0 Å². The Morgan fingerprint density at radius 1 is 1.15 bits per heavy atom. The first kappa shape index (κ1) is 20.2. The first-order valence-electron chi connectivity index (χ1n) is 8.87. The van der Waals surface area contributed by atoms with Gasteiger partial charge in [0.05, 0.1) is 19.0 Å². The Labute approximate surface area is 160 Å². The molecule has 1 unspecified atom stereocenters. The molecule has 0 aromatic heterocycles. The lowest BCUT2D eigenvalue weighted by atomic mass is 10.1. The van der Waals surface area contributed by atoms with Gasteiger partial charge in [0.1, 0.15) is 11.5 Å². The van der Waals surface area contributed by atoms with Crippen molar-refractivity contribution < 1.29 is 14.3 Å². The molecule has 0 saturated heterocycles. The summed E-state index contributed by atoms with van der Waals surface area (Å²) in [6, 6.07) is 15.9. The molecule has 0 aliphatic rings. The summed E-state index contributed by atoms with van der Waals surface area (Å²) in [5, 5.41) is 2.90. The van der Waals surface area contributed by atoms with Crippen LogP contribution in [0.15, 0.2) is 48.5 Å². The zero-order valence-corrected chi connectivity index (χ0v) is 16.5. The molecule has 0 aliphatic carbocycles. The van der Waals surface area contributed by atoms with Gasteiger partial charge in [-0.15, -0.1) is 11.8 Å². The Morgan fingerprint density at radius 2 is 1.88 bits per heavy atom. The summed E-state index contributed by atoms with van der Waals surface area (Å²) >= 11 is 1.62. The second kappa shape index (κ2) is 10.8. The molecule has 0 aliphatic heterocycles. The van der Waals surface area contributed by atoms with Crippen molar-refractivity contribution in [2.75, 3.05) is 20.3 Å². The molecular formula is C21H27NO3S. The molecule has 1 atom stereocenters. The van der Waals surface area contributed by atoms with Crippen LogP contribution in [0.4, 0.5) is 0 Å². The van der Waals surface area contributed by atoms with Gasteiger partial charge in [-0.25, -0.2) is 0 Å². The Balaban J connectivity index is 1.75. The van der Waals surface area contributed by atoms with E-state index in [1.54, 1.807) is 18.9 Å². The van der Waals surface area contributed by atoms with E-state index in [1.165, 1.54) is 5.56 Å². The van der Waals surface area contributed by atoms with Crippen molar-refractivity contribution in [1.82, 2.24) is 5.32 Å². The number of hydrogen-bond donors (Lipinski definition) is 1. The van der Waals surface area contributed by atoms with Crippen molar-refractivity contribution in [1.29, 1.82) is 0 Å². The van der Waals surface area contributed by atoms with Crippen molar-refractivity contribution >= 4 is 17.7 Å². The van der Waals surface area contributed by atoms with Gasteiger partial charge in [-0.05, 0) is 44.0 Å². The van der Waals surface area contributed by atoms with E-state index in [0.717, 1.165) is 29.2 Å². The van der Waals surface area contributed by atoms with Gasteiger partial charge in [-0.2, -0.15) is 0 Å². The summed E-state index contributed by atoms with van der Waals surface area (Å²) in [6.07, 6.45) is 0.806. The average Bonchev–Trinajstić information content (AvgIpc) is 2.67. The highest BCUT2D eigenvalue weighted by atomic mass is 32.2. The molecule has 4 nitrogen and oxygen atoms in total. The molecule has 2 aromatic rings. The zero-order valence-electron chi connectivity index (χ0n) is 15.7. The van der Waals surface area contributed by atoms with Crippen LogP contribution in [0.25, 0.3) is 0 Å². The van der Waals surface area contributed by atoms with E-state index in [1.807, 2.05) is 62.4 Å². The lowest BCUT2D eigenvalue weighted by molar-refractivity contribution is -0.120. The number of ether oxygens (including phenoxy) is 2. The minimum Gasteiger partial charge on any atom is -0.497 e. The van der Waals surface area contributed by atoms with Crippen LogP contribution in [-0.4, -0.2) is 31.4 Å². The summed E-state index contributed by atoms with van der Waals surface area (Å²) in [5.41, 5.74) is 2.30. The predicted molar refractivity (Wildman–Crippen MR) is 108 cm³/mol. The Hall–Kier alpha value is -2.14. The lowest BCUT2D eigenvalue weighted by Gasteiger charge is -2.14. The van der Waals surface area contributed by atoms with Crippen molar-refractivity contribution in [2.24, 2.45) is 0 Å². The smallest absolute Gasteiger partial charge is 0.232 e. The van der Waals surface area contributed by atoms with Gasteiger partial charge in [0.2, 0.25) is 5.91 Å². The van der Waals surface area contributed by atoms with E-state index in [9.17, 15) is 4.79 Å². The van der Waals surface area contributed by atoms with Crippen molar-refractivity contribution in [3.8, 4) is 11.5 Å². The standard InChI is InChI=1S/C21H27NO3S/c1-4-25-20-8-6-5-7-18(20)15-26-16(2)21(23)22-14-13-17-9-11-19(24-3)12-10-17/h5-12,16H,4,13-15H2,1-3H3,(H,22,23). The fourth-order valence-corrected chi connectivity index (χ4v) is 3.38. The van der Waals surface area contributed by atoms with Crippen LogP contribution < -0.4 is 14.8 Å². The first-order valence-corrected chi connectivity index (χ1v) is 9.91. The highest BCUT2D eigenvalue weighted by Gasteiger charge is 2.14. The third kappa shape index (κ3) is 6.30. The van der Waals surface area contributed by atoms with Gasteiger partial charge in [0, 0.05) is 17.9 Å². The fraction of sp³-hybridized carbons (Fsp3) is 0.381. The van der Waals surface area contributed by atoms with Gasteiger partial charge in [-0.1, -0.05) is 30.3 Å². The van der Waals surface area contributed by atoms with E-state index in [-0.39, 0.29) is 11.2 Å².